The van der Waals surface area contributed by atoms with Crippen LogP contribution < -0.4 is 0 Å². The van der Waals surface area contributed by atoms with Gasteiger partial charge in [0, 0.05) is 12.6 Å². The number of carbonyl (C=O) groups excluding carboxylic acids is 2. The van der Waals surface area contributed by atoms with E-state index in [0.717, 1.165) is 31.2 Å². The fourth-order valence-electron chi connectivity index (χ4n) is 4.57. The van der Waals surface area contributed by atoms with Crippen LogP contribution in [-0.4, -0.2) is 40.7 Å². The van der Waals surface area contributed by atoms with Crippen molar-refractivity contribution >= 4 is 11.8 Å². The highest BCUT2D eigenvalue weighted by Crippen LogP contribution is 2.32. The second-order valence-electron chi connectivity index (χ2n) is 8.03. The molecule has 152 valence electrons. The number of piperazine rings is 1. The molecular weight excluding hydrogens is 367 g/mol. The summed E-state index contributed by atoms with van der Waals surface area (Å²) in [4.78, 5) is 30.1. The van der Waals surface area contributed by atoms with Crippen LogP contribution in [0.2, 0.25) is 0 Å². The van der Waals surface area contributed by atoms with Gasteiger partial charge in [0.05, 0.1) is 0 Å². The molecule has 0 radical (unpaired) electrons. The van der Waals surface area contributed by atoms with Gasteiger partial charge in [0.1, 0.15) is 18.4 Å². The predicted molar refractivity (Wildman–Crippen MR) is 110 cm³/mol. The predicted octanol–water partition coefficient (Wildman–Crippen LogP) is 4.11. The summed E-state index contributed by atoms with van der Waals surface area (Å²) >= 11 is 0. The van der Waals surface area contributed by atoms with Gasteiger partial charge >= 0.3 is 0 Å². The van der Waals surface area contributed by atoms with E-state index in [2.05, 4.69) is 0 Å². The number of benzene rings is 2. The van der Waals surface area contributed by atoms with E-state index in [4.69, 9.17) is 0 Å². The lowest BCUT2D eigenvalue weighted by Gasteiger charge is -2.44. The zero-order valence-electron chi connectivity index (χ0n) is 16.6. The number of rotatable bonds is 5. The summed E-state index contributed by atoms with van der Waals surface area (Å²) < 4.78 is 13.5. The molecule has 0 aromatic heterocycles. The zero-order valence-corrected chi connectivity index (χ0v) is 16.6. The molecule has 0 spiro atoms. The molecule has 1 aliphatic carbocycles. The van der Waals surface area contributed by atoms with Gasteiger partial charge in [-0.3, -0.25) is 9.59 Å². The van der Waals surface area contributed by atoms with Crippen molar-refractivity contribution in [2.24, 2.45) is 0 Å². The molecule has 1 unspecified atom stereocenters. The van der Waals surface area contributed by atoms with Crippen molar-refractivity contribution in [3.05, 3.63) is 71.5 Å². The van der Waals surface area contributed by atoms with Gasteiger partial charge in [0.2, 0.25) is 5.91 Å². The van der Waals surface area contributed by atoms with Crippen molar-refractivity contribution in [2.75, 3.05) is 13.1 Å². The van der Waals surface area contributed by atoms with Gasteiger partial charge in [-0.2, -0.15) is 0 Å². The van der Waals surface area contributed by atoms with Gasteiger partial charge in [-0.15, -0.1) is 0 Å². The Hall–Kier alpha value is -2.69. The number of carbonyl (C=O) groups is 2. The summed E-state index contributed by atoms with van der Waals surface area (Å²) in [7, 11) is 0. The summed E-state index contributed by atoms with van der Waals surface area (Å²) in [6, 6.07) is 15.4. The molecule has 2 aromatic rings. The first kappa shape index (κ1) is 19.6. The minimum atomic E-state index is -0.678. The number of amides is 2. The average molecular weight is 394 g/mol. The van der Waals surface area contributed by atoms with Crippen molar-refractivity contribution in [2.45, 2.75) is 50.6 Å². The van der Waals surface area contributed by atoms with Gasteiger partial charge in [-0.25, -0.2) is 4.39 Å². The number of hydrogen-bond donors (Lipinski definition) is 0. The van der Waals surface area contributed by atoms with Gasteiger partial charge in [-0.1, -0.05) is 61.7 Å². The van der Waals surface area contributed by atoms with E-state index in [0.29, 0.717) is 18.5 Å². The average Bonchev–Trinajstić information content (AvgIpc) is 2.76. The molecule has 4 nitrogen and oxygen atoms in total. The first-order valence-electron chi connectivity index (χ1n) is 10.5. The number of nitrogens with zero attached hydrogens (tertiary/aromatic N) is 2. The highest BCUT2D eigenvalue weighted by Gasteiger charge is 2.42. The molecule has 2 fully saturated rings. The normalized spacial score (nSPS) is 20.9. The van der Waals surface area contributed by atoms with Crippen LogP contribution in [0.25, 0.3) is 0 Å². The topological polar surface area (TPSA) is 40.6 Å². The zero-order chi connectivity index (χ0) is 20.2. The van der Waals surface area contributed by atoms with Crippen molar-refractivity contribution in [3.8, 4) is 0 Å². The van der Waals surface area contributed by atoms with Crippen LogP contribution in [0.1, 0.15) is 49.3 Å². The second-order valence-corrected chi connectivity index (χ2v) is 8.03. The molecule has 2 aliphatic rings. The second kappa shape index (κ2) is 8.76. The van der Waals surface area contributed by atoms with E-state index in [-0.39, 0.29) is 30.2 Å². The maximum absolute atomic E-state index is 13.5. The molecule has 2 aromatic carbocycles. The molecule has 4 rings (SSSR count). The quantitative estimate of drug-likeness (QED) is 0.766. The molecule has 1 heterocycles. The number of halogens is 1. The summed E-state index contributed by atoms with van der Waals surface area (Å²) in [6.07, 6.45) is 5.99. The maximum atomic E-state index is 13.5. The highest BCUT2D eigenvalue weighted by molar-refractivity contribution is 5.95. The summed E-state index contributed by atoms with van der Waals surface area (Å²) in [5.41, 5.74) is 1.80. The van der Waals surface area contributed by atoms with Crippen LogP contribution in [0, 0.1) is 5.82 Å². The minimum Gasteiger partial charge on any atom is -0.328 e. The molecule has 0 bridgehead atoms. The van der Waals surface area contributed by atoms with E-state index < -0.39 is 6.04 Å². The standard InChI is InChI=1S/C24H27FN2O2/c25-20-13-11-19(12-14-20)23-24(29)27(21-9-5-2-6-10-21)17-22(28)26(23)16-15-18-7-3-1-4-8-18/h1,3-4,7-8,11-14,21,23H,2,5-6,9-10,15-17H2. The number of hydrogen-bond acceptors (Lipinski definition) is 2. The lowest BCUT2D eigenvalue weighted by Crippen LogP contribution is -2.58. The Bertz CT molecular complexity index is 847. The van der Waals surface area contributed by atoms with E-state index >= 15 is 0 Å². The van der Waals surface area contributed by atoms with E-state index in [1.807, 2.05) is 30.3 Å². The van der Waals surface area contributed by atoms with Crippen molar-refractivity contribution < 1.29 is 14.0 Å². The first-order chi connectivity index (χ1) is 14.1. The molecule has 2 amide bonds. The van der Waals surface area contributed by atoms with Gasteiger partial charge in [-0.05, 0) is 42.5 Å². The molecule has 1 atom stereocenters. The Balaban J connectivity index is 1.60. The fraction of sp³-hybridized carbons (Fsp3) is 0.417. The Kier molecular flexibility index (Phi) is 5.93. The lowest BCUT2D eigenvalue weighted by molar-refractivity contribution is -0.159. The SMILES string of the molecule is O=C1C(c2ccc(F)cc2)N(CCc2ccccc2)C(=O)CN1C1CCCCC1. The van der Waals surface area contributed by atoms with Gasteiger partial charge in [0.15, 0.2) is 0 Å². The molecule has 0 N–H and O–H groups in total. The molecular formula is C24H27FN2O2. The van der Waals surface area contributed by atoms with Crippen molar-refractivity contribution in [1.29, 1.82) is 0 Å². The Morgan fingerprint density at radius 1 is 0.897 bits per heavy atom. The monoisotopic (exact) mass is 394 g/mol. The third-order valence-electron chi connectivity index (χ3n) is 6.14. The first-order valence-corrected chi connectivity index (χ1v) is 10.5. The van der Waals surface area contributed by atoms with Crippen LogP contribution >= 0.6 is 0 Å². The Morgan fingerprint density at radius 2 is 1.59 bits per heavy atom. The third-order valence-corrected chi connectivity index (χ3v) is 6.14. The summed E-state index contributed by atoms with van der Waals surface area (Å²) in [5.74, 6) is -0.403. The molecule has 5 heteroatoms. The third kappa shape index (κ3) is 4.34. The largest absolute Gasteiger partial charge is 0.328 e. The van der Waals surface area contributed by atoms with Crippen molar-refractivity contribution in [1.82, 2.24) is 9.80 Å². The van der Waals surface area contributed by atoms with Crippen LogP contribution in [0.15, 0.2) is 54.6 Å². The fourth-order valence-corrected chi connectivity index (χ4v) is 4.57. The molecule has 29 heavy (non-hydrogen) atoms. The maximum Gasteiger partial charge on any atom is 0.250 e. The molecule has 1 saturated carbocycles. The van der Waals surface area contributed by atoms with Crippen LogP contribution in [0.4, 0.5) is 4.39 Å². The lowest BCUT2D eigenvalue weighted by atomic mass is 9.91. The molecule has 1 saturated heterocycles. The van der Waals surface area contributed by atoms with Gasteiger partial charge in [0.25, 0.3) is 5.91 Å². The van der Waals surface area contributed by atoms with E-state index in [1.165, 1.54) is 18.6 Å². The summed E-state index contributed by atoms with van der Waals surface area (Å²) in [5, 5.41) is 0. The highest BCUT2D eigenvalue weighted by atomic mass is 19.1. The smallest absolute Gasteiger partial charge is 0.250 e. The van der Waals surface area contributed by atoms with E-state index in [9.17, 15) is 14.0 Å². The minimum absolute atomic E-state index is 0.0274. The van der Waals surface area contributed by atoms with Crippen LogP contribution in [0.3, 0.4) is 0 Å². The molecule has 1 aliphatic heterocycles. The van der Waals surface area contributed by atoms with Crippen LogP contribution in [0.5, 0.6) is 0 Å². The van der Waals surface area contributed by atoms with Gasteiger partial charge < -0.3 is 9.80 Å². The van der Waals surface area contributed by atoms with Crippen molar-refractivity contribution in [3.63, 3.8) is 0 Å². The Morgan fingerprint density at radius 3 is 2.28 bits per heavy atom. The van der Waals surface area contributed by atoms with E-state index in [1.54, 1.807) is 21.9 Å². The Labute approximate surface area is 171 Å². The van der Waals surface area contributed by atoms with Crippen LogP contribution in [-0.2, 0) is 16.0 Å². The summed E-state index contributed by atoms with van der Waals surface area (Å²) in [6.45, 7) is 0.616.